The van der Waals surface area contributed by atoms with Gasteiger partial charge in [-0.15, -0.1) is 0 Å². The topological polar surface area (TPSA) is 95.5 Å². The number of carbonyl (C=O) groups is 1. The van der Waals surface area contributed by atoms with Crippen molar-refractivity contribution in [3.63, 3.8) is 0 Å². The normalized spacial score (nSPS) is 10.2. The number of amides is 1. The average Bonchev–Trinajstić information content (AvgIpc) is 2.65. The molecule has 26 heavy (non-hydrogen) atoms. The largest absolute Gasteiger partial charge is 0.288 e. The Balaban J connectivity index is 2.10. The number of hydrogen-bond donors (Lipinski definition) is 3. The van der Waals surface area contributed by atoms with Crippen molar-refractivity contribution in [1.29, 1.82) is 0 Å². The zero-order valence-corrected chi connectivity index (χ0v) is 14.2. The lowest BCUT2D eigenvalue weighted by Crippen LogP contribution is -2.14. The van der Waals surface area contributed by atoms with Crippen LogP contribution in [0.5, 0.6) is 0 Å². The van der Waals surface area contributed by atoms with Crippen molar-refractivity contribution in [3.8, 4) is 23.7 Å². The third kappa shape index (κ3) is 5.84. The van der Waals surface area contributed by atoms with Gasteiger partial charge in [-0.05, 0) is 48.2 Å². The van der Waals surface area contributed by atoms with Crippen molar-refractivity contribution in [2.24, 2.45) is 0 Å². The second kappa shape index (κ2) is 9.09. The van der Waals surface area contributed by atoms with Crippen molar-refractivity contribution >= 4 is 21.6 Å². The molecule has 2 aromatic rings. The van der Waals surface area contributed by atoms with Crippen molar-refractivity contribution in [3.05, 3.63) is 72.3 Å². The van der Waals surface area contributed by atoms with E-state index in [-0.39, 0.29) is 4.90 Å². The van der Waals surface area contributed by atoms with E-state index >= 15 is 0 Å². The first-order chi connectivity index (χ1) is 12.5. The zero-order valence-electron chi connectivity index (χ0n) is 13.4. The molecule has 0 saturated carbocycles. The fraction of sp³-hybridized carbons (Fsp3) is 0. The quantitative estimate of drug-likeness (QED) is 0.333. The fourth-order valence-electron chi connectivity index (χ4n) is 1.81. The first-order valence-corrected chi connectivity index (χ1v) is 8.80. The summed E-state index contributed by atoms with van der Waals surface area (Å²) in [4.78, 5) is 10.9. The molecule has 0 aliphatic heterocycles. The molecule has 0 spiro atoms. The summed E-state index contributed by atoms with van der Waals surface area (Å²) >= 11 is 0. The highest BCUT2D eigenvalue weighted by molar-refractivity contribution is 7.92. The van der Waals surface area contributed by atoms with Crippen LogP contribution >= 0.6 is 0 Å². The number of allylic oxidation sites excluding steroid dienone is 1. The highest BCUT2D eigenvalue weighted by Gasteiger charge is 2.13. The highest BCUT2D eigenvalue weighted by atomic mass is 32.2. The van der Waals surface area contributed by atoms with Gasteiger partial charge in [0.1, 0.15) is 0 Å². The Morgan fingerprint density at radius 1 is 1.04 bits per heavy atom. The van der Waals surface area contributed by atoms with E-state index in [4.69, 9.17) is 5.21 Å². The molecule has 0 aromatic heterocycles. The van der Waals surface area contributed by atoms with Crippen LogP contribution in [0.1, 0.15) is 5.56 Å². The summed E-state index contributed by atoms with van der Waals surface area (Å²) in [6.45, 7) is 0. The van der Waals surface area contributed by atoms with Crippen LogP contribution in [0.15, 0.2) is 71.6 Å². The van der Waals surface area contributed by atoms with Gasteiger partial charge in [-0.25, -0.2) is 13.9 Å². The Morgan fingerprint density at radius 2 is 1.81 bits per heavy atom. The van der Waals surface area contributed by atoms with Crippen LogP contribution in [-0.4, -0.2) is 19.5 Å². The second-order valence-electron chi connectivity index (χ2n) is 4.83. The minimum Gasteiger partial charge on any atom is -0.288 e. The molecule has 3 N–H and O–H groups in total. The number of rotatable bonds is 4. The molecule has 130 valence electrons. The second-order valence-corrected chi connectivity index (χ2v) is 6.51. The molecule has 0 atom stereocenters. The van der Waals surface area contributed by atoms with Gasteiger partial charge < -0.3 is 0 Å². The van der Waals surface area contributed by atoms with Gasteiger partial charge >= 0.3 is 0 Å². The van der Waals surface area contributed by atoms with Gasteiger partial charge in [-0.1, -0.05) is 36.1 Å². The van der Waals surface area contributed by atoms with Crippen molar-refractivity contribution in [2.45, 2.75) is 4.90 Å². The molecule has 0 aliphatic carbocycles. The molecule has 0 radical (unpaired) electrons. The smallest absolute Gasteiger partial charge is 0.267 e. The molecule has 2 rings (SSSR count). The minimum atomic E-state index is -3.67. The van der Waals surface area contributed by atoms with Gasteiger partial charge in [0.25, 0.3) is 15.9 Å². The maximum absolute atomic E-state index is 12.3. The van der Waals surface area contributed by atoms with E-state index in [0.717, 1.165) is 6.08 Å². The van der Waals surface area contributed by atoms with E-state index in [0.29, 0.717) is 11.3 Å². The lowest BCUT2D eigenvalue weighted by molar-refractivity contribution is -0.124. The molecule has 2 aromatic carbocycles. The summed E-state index contributed by atoms with van der Waals surface area (Å²) in [7, 11) is -3.67. The van der Waals surface area contributed by atoms with E-state index in [1.165, 1.54) is 23.7 Å². The molecule has 0 unspecified atom stereocenters. The number of anilines is 1. The number of hydroxylamine groups is 1. The maximum atomic E-state index is 12.3. The summed E-state index contributed by atoms with van der Waals surface area (Å²) in [5.41, 5.74) is 2.39. The highest BCUT2D eigenvalue weighted by Crippen LogP contribution is 2.16. The van der Waals surface area contributed by atoms with Crippen LogP contribution in [0.3, 0.4) is 0 Å². The van der Waals surface area contributed by atoms with E-state index in [9.17, 15) is 13.2 Å². The predicted octanol–water partition coefficient (Wildman–Crippen LogP) is 1.90. The molecular formula is C19H14N2O4S. The van der Waals surface area contributed by atoms with E-state index in [1.807, 2.05) is 0 Å². The van der Waals surface area contributed by atoms with Crippen molar-refractivity contribution in [2.75, 3.05) is 4.72 Å². The first kappa shape index (κ1) is 18.8. The van der Waals surface area contributed by atoms with E-state index in [1.54, 1.807) is 42.5 Å². The van der Waals surface area contributed by atoms with E-state index < -0.39 is 15.9 Å². The third-order valence-corrected chi connectivity index (χ3v) is 4.34. The molecule has 7 heteroatoms. The molecule has 0 fully saturated rings. The van der Waals surface area contributed by atoms with Crippen LogP contribution in [0.2, 0.25) is 0 Å². The Kier molecular flexibility index (Phi) is 6.58. The van der Waals surface area contributed by atoms with Crippen LogP contribution in [0.25, 0.3) is 0 Å². The first-order valence-electron chi connectivity index (χ1n) is 7.31. The van der Waals surface area contributed by atoms with Crippen LogP contribution in [0, 0.1) is 23.7 Å². The van der Waals surface area contributed by atoms with Gasteiger partial charge in [-0.3, -0.25) is 14.7 Å². The molecule has 0 saturated heterocycles. The summed E-state index contributed by atoms with van der Waals surface area (Å²) in [6.07, 6.45) is 2.29. The Labute approximate surface area is 151 Å². The predicted molar refractivity (Wildman–Crippen MR) is 97.4 cm³/mol. The molecule has 0 bridgehead atoms. The van der Waals surface area contributed by atoms with Crippen molar-refractivity contribution in [1.82, 2.24) is 5.48 Å². The average molecular weight is 366 g/mol. The number of benzene rings is 2. The molecule has 6 nitrogen and oxygen atoms in total. The van der Waals surface area contributed by atoms with Gasteiger partial charge in [0.2, 0.25) is 0 Å². The van der Waals surface area contributed by atoms with Crippen LogP contribution < -0.4 is 10.2 Å². The lowest BCUT2D eigenvalue weighted by atomic mass is 10.2. The third-order valence-electron chi connectivity index (χ3n) is 2.94. The molecule has 0 aliphatic rings. The van der Waals surface area contributed by atoms with Gasteiger partial charge in [0.15, 0.2) is 0 Å². The van der Waals surface area contributed by atoms with Gasteiger partial charge in [0, 0.05) is 11.6 Å². The molecular weight excluding hydrogens is 352 g/mol. The van der Waals surface area contributed by atoms with Crippen LogP contribution in [-0.2, 0) is 14.8 Å². The summed E-state index contributed by atoms with van der Waals surface area (Å²) in [6, 6.07) is 14.6. The number of sulfonamides is 1. The molecule has 0 heterocycles. The summed E-state index contributed by atoms with van der Waals surface area (Å²) in [5.74, 6) is 9.68. The van der Waals surface area contributed by atoms with E-state index in [2.05, 4.69) is 28.4 Å². The van der Waals surface area contributed by atoms with Crippen molar-refractivity contribution < 1.29 is 18.4 Å². The minimum absolute atomic E-state index is 0.168. The number of hydrogen-bond acceptors (Lipinski definition) is 4. The Hall–Kier alpha value is -3.52. The SMILES string of the molecule is O=C(/C=C/C#CC#Cc1cccc(NS(=O)(=O)c2ccccc2)c1)NO. The maximum Gasteiger partial charge on any atom is 0.267 e. The monoisotopic (exact) mass is 366 g/mol. The Morgan fingerprint density at radius 3 is 2.54 bits per heavy atom. The van der Waals surface area contributed by atoms with Crippen LogP contribution in [0.4, 0.5) is 5.69 Å². The number of nitrogens with one attached hydrogen (secondary N) is 2. The molecule has 1 amide bonds. The standard InChI is InChI=1S/C19H14N2O4S/c22-19(20-23)14-7-2-1-4-9-16-10-8-11-17(15-16)21-26(24,25)18-12-5-3-6-13-18/h3,5-8,10-15,21,23H,(H,20,22)/b14-7+. The zero-order chi connectivity index (χ0) is 18.8. The fourth-order valence-corrected chi connectivity index (χ4v) is 2.88. The number of carbonyl (C=O) groups excluding carboxylic acids is 1. The summed E-state index contributed by atoms with van der Waals surface area (Å²) < 4.78 is 27.1. The lowest BCUT2D eigenvalue weighted by Gasteiger charge is -2.08. The van der Waals surface area contributed by atoms with Gasteiger partial charge in [0.05, 0.1) is 10.6 Å². The van der Waals surface area contributed by atoms with Gasteiger partial charge in [-0.2, -0.15) is 0 Å². The Bertz CT molecular complexity index is 1040. The summed E-state index contributed by atoms with van der Waals surface area (Å²) in [5, 5.41) is 8.29.